The maximum Gasteiger partial charge on any atom is 0.353 e. The molecule has 48 heavy (non-hydrogen) atoms. The molecule has 0 amide bonds. The van der Waals surface area contributed by atoms with Crippen molar-refractivity contribution in [1.29, 1.82) is 0 Å². The number of piperidine rings is 1. The van der Waals surface area contributed by atoms with Crippen LogP contribution >= 0.6 is 0 Å². The molecule has 2 aliphatic heterocycles. The molecule has 254 valence electrons. The molecule has 2 aromatic rings. The van der Waals surface area contributed by atoms with Gasteiger partial charge in [-0.3, -0.25) is 14.4 Å². The molecule has 2 aromatic carbocycles. The Kier molecular flexibility index (Phi) is 8.75. The van der Waals surface area contributed by atoms with Crippen molar-refractivity contribution in [3.8, 4) is 5.75 Å². The summed E-state index contributed by atoms with van der Waals surface area (Å²) in [5.74, 6) is -5.62. The number of likely N-dealkylation sites (tertiary alicyclic amines) is 1. The second kappa shape index (κ2) is 12.7. The summed E-state index contributed by atoms with van der Waals surface area (Å²) in [5, 5.41) is 40.6. The number of likely N-dealkylation sites (N-methyl/N-ethyl adjacent to an activating group) is 1. The first-order valence-electron chi connectivity index (χ1n) is 15.5. The molecule has 0 aromatic heterocycles. The Morgan fingerprint density at radius 2 is 1.75 bits per heavy atom. The van der Waals surface area contributed by atoms with Gasteiger partial charge in [-0.05, 0) is 38.1 Å². The van der Waals surface area contributed by atoms with Gasteiger partial charge in [-0.25, -0.2) is 9.59 Å². The Bertz CT molecular complexity index is 1690. The summed E-state index contributed by atoms with van der Waals surface area (Å²) >= 11 is 0. The molecule has 4 aliphatic rings. The predicted molar refractivity (Wildman–Crippen MR) is 161 cm³/mol. The van der Waals surface area contributed by atoms with Crippen molar-refractivity contribution in [3.05, 3.63) is 76.6 Å². The van der Waals surface area contributed by atoms with E-state index in [2.05, 4.69) is 4.90 Å². The van der Waals surface area contributed by atoms with Crippen LogP contribution in [0.2, 0.25) is 0 Å². The molecule has 0 unspecified atom stereocenters. The monoisotopic (exact) mass is 665 g/mol. The number of ether oxygens (including phenoxy) is 4. The van der Waals surface area contributed by atoms with Crippen molar-refractivity contribution in [2.24, 2.45) is 0 Å². The molecule has 1 spiro atoms. The molecular weight excluding hydrogens is 630 g/mol. The van der Waals surface area contributed by atoms with E-state index in [0.29, 0.717) is 30.7 Å². The van der Waals surface area contributed by atoms with E-state index in [9.17, 15) is 39.3 Å². The SMILES string of the molecule is CN1CC[C@]23c4c5ccc(CO)c4O[C@H]2C(OC(=O)CCC(=O)O[C@H](C(=O)O[C@@H](CC(=O)O)C(=O)O)c2ccccc2)=CC[C@@]3(O)[C@H]1C5. The maximum absolute atomic E-state index is 13.1. The van der Waals surface area contributed by atoms with Crippen molar-refractivity contribution in [1.82, 2.24) is 4.90 Å². The van der Waals surface area contributed by atoms with Gasteiger partial charge >= 0.3 is 29.8 Å². The number of hydrogen-bond donors (Lipinski definition) is 4. The standard InChI is InChI=1S/C34H35NO13/c1-35-14-13-33-27-19-7-8-20(17-36)28(27)48-30(33)21(11-12-34(33,44)23(35)15-19)45-25(39)9-10-26(40)47-29(18-5-3-2-4-6-18)32(43)46-22(31(41)42)16-24(37)38/h2-8,11,22-23,29-30,36,44H,9-10,12-17H2,1H3,(H,37,38)(H,41,42)/t22-,23+,29-,30-,33-,34+/m0/s1. The summed E-state index contributed by atoms with van der Waals surface area (Å²) < 4.78 is 22.4. The minimum atomic E-state index is -2.02. The number of aliphatic hydroxyl groups excluding tert-OH is 1. The molecule has 6 rings (SSSR count). The molecule has 2 bridgehead atoms. The Morgan fingerprint density at radius 1 is 1.02 bits per heavy atom. The van der Waals surface area contributed by atoms with Gasteiger partial charge in [0.15, 0.2) is 6.10 Å². The Balaban J connectivity index is 1.16. The smallest absolute Gasteiger partial charge is 0.353 e. The Labute approximate surface area is 274 Å². The number of carbonyl (C=O) groups is 5. The summed E-state index contributed by atoms with van der Waals surface area (Å²) in [7, 11) is 1.97. The molecule has 2 heterocycles. The average Bonchev–Trinajstić information content (AvgIpc) is 3.41. The lowest BCUT2D eigenvalue weighted by Gasteiger charge is -2.61. The first-order chi connectivity index (χ1) is 22.9. The maximum atomic E-state index is 13.1. The molecule has 14 heteroatoms. The fourth-order valence-corrected chi connectivity index (χ4v) is 7.63. The second-order valence-corrected chi connectivity index (χ2v) is 12.5. The van der Waals surface area contributed by atoms with Crippen LogP contribution in [0, 0.1) is 0 Å². The summed E-state index contributed by atoms with van der Waals surface area (Å²) in [4.78, 5) is 63.5. The first-order valence-corrected chi connectivity index (χ1v) is 15.5. The average molecular weight is 666 g/mol. The number of aliphatic carboxylic acids is 2. The van der Waals surface area contributed by atoms with Crippen LogP contribution in [0.25, 0.3) is 0 Å². The highest BCUT2D eigenvalue weighted by Gasteiger charge is 2.71. The molecule has 0 radical (unpaired) electrons. The minimum Gasteiger partial charge on any atom is -0.481 e. The summed E-state index contributed by atoms with van der Waals surface area (Å²) in [6.07, 6.45) is -3.65. The molecule has 6 atom stereocenters. The van der Waals surface area contributed by atoms with Crippen LogP contribution in [-0.2, 0) is 56.6 Å². The second-order valence-electron chi connectivity index (χ2n) is 12.5. The summed E-state index contributed by atoms with van der Waals surface area (Å²) in [6.45, 7) is 0.388. The van der Waals surface area contributed by atoms with E-state index < -0.39 is 78.4 Å². The summed E-state index contributed by atoms with van der Waals surface area (Å²) in [5.41, 5.74) is 0.408. The third-order valence-corrected chi connectivity index (χ3v) is 9.85. The first kappa shape index (κ1) is 33.1. The van der Waals surface area contributed by atoms with Crippen LogP contribution in [0.3, 0.4) is 0 Å². The van der Waals surface area contributed by atoms with E-state index in [1.54, 1.807) is 30.3 Å². The third kappa shape index (κ3) is 5.49. The molecular formula is C34H35NO13. The van der Waals surface area contributed by atoms with Crippen molar-refractivity contribution < 1.29 is 63.3 Å². The van der Waals surface area contributed by atoms with Crippen LogP contribution in [0.4, 0.5) is 0 Å². The van der Waals surface area contributed by atoms with Gasteiger partial charge in [0.1, 0.15) is 11.5 Å². The lowest BCUT2D eigenvalue weighted by Crippen LogP contribution is -2.74. The number of aliphatic hydroxyl groups is 2. The van der Waals surface area contributed by atoms with Crippen LogP contribution in [0.15, 0.2) is 54.3 Å². The zero-order valence-electron chi connectivity index (χ0n) is 26.0. The number of nitrogens with zero attached hydrogens (tertiary/aromatic N) is 1. The van der Waals surface area contributed by atoms with Gasteiger partial charge in [0.2, 0.25) is 12.2 Å². The van der Waals surface area contributed by atoms with Crippen LogP contribution < -0.4 is 4.74 Å². The minimum absolute atomic E-state index is 0.139. The van der Waals surface area contributed by atoms with Crippen LogP contribution in [-0.4, -0.2) is 92.6 Å². The van der Waals surface area contributed by atoms with Gasteiger partial charge in [0, 0.05) is 29.2 Å². The van der Waals surface area contributed by atoms with Gasteiger partial charge in [0.25, 0.3) is 0 Å². The topological polar surface area (TPSA) is 206 Å². The zero-order chi connectivity index (χ0) is 34.4. The van der Waals surface area contributed by atoms with Crippen molar-refractivity contribution >= 4 is 29.8 Å². The highest BCUT2D eigenvalue weighted by atomic mass is 16.6. The largest absolute Gasteiger partial charge is 0.481 e. The number of rotatable bonds is 12. The molecule has 0 saturated carbocycles. The lowest BCUT2D eigenvalue weighted by molar-refractivity contribution is -0.179. The number of benzene rings is 2. The van der Waals surface area contributed by atoms with Gasteiger partial charge in [0.05, 0.1) is 36.9 Å². The van der Waals surface area contributed by atoms with E-state index in [1.807, 2.05) is 13.1 Å². The number of carboxylic acids is 2. The quantitative estimate of drug-likeness (QED) is 0.188. The number of hydrogen-bond acceptors (Lipinski definition) is 12. The third-order valence-electron chi connectivity index (χ3n) is 9.85. The highest BCUT2D eigenvalue weighted by Crippen LogP contribution is 2.64. The van der Waals surface area contributed by atoms with E-state index in [4.69, 9.17) is 24.1 Å². The molecule has 1 saturated heterocycles. The Morgan fingerprint density at radius 3 is 2.44 bits per heavy atom. The Hall–Kier alpha value is -4.79. The normalized spacial score (nSPS) is 26.2. The fourth-order valence-electron chi connectivity index (χ4n) is 7.63. The van der Waals surface area contributed by atoms with Crippen molar-refractivity contribution in [3.63, 3.8) is 0 Å². The van der Waals surface area contributed by atoms with Crippen molar-refractivity contribution in [2.75, 3.05) is 13.6 Å². The van der Waals surface area contributed by atoms with E-state index >= 15 is 0 Å². The molecule has 2 aliphatic carbocycles. The fraction of sp³-hybridized carbons (Fsp3) is 0.441. The van der Waals surface area contributed by atoms with Gasteiger partial charge in [-0.15, -0.1) is 0 Å². The molecule has 4 N–H and O–H groups in total. The number of carboxylic acid groups (broad SMARTS) is 2. The molecule has 14 nitrogen and oxygen atoms in total. The number of carbonyl (C=O) groups excluding carboxylic acids is 3. The summed E-state index contributed by atoms with van der Waals surface area (Å²) in [6, 6.07) is 11.1. The van der Waals surface area contributed by atoms with Crippen LogP contribution in [0.5, 0.6) is 5.75 Å². The van der Waals surface area contributed by atoms with E-state index in [-0.39, 0.29) is 30.4 Å². The van der Waals surface area contributed by atoms with E-state index in [0.717, 1.165) is 11.1 Å². The van der Waals surface area contributed by atoms with Gasteiger partial charge in [-0.1, -0.05) is 42.5 Å². The lowest BCUT2D eigenvalue weighted by atomic mass is 9.50. The van der Waals surface area contributed by atoms with Crippen LogP contribution in [0.1, 0.15) is 60.5 Å². The highest BCUT2D eigenvalue weighted by molar-refractivity contribution is 5.86. The van der Waals surface area contributed by atoms with Crippen molar-refractivity contribution in [2.45, 2.75) is 80.5 Å². The van der Waals surface area contributed by atoms with Gasteiger partial charge in [-0.2, -0.15) is 0 Å². The molecule has 1 fully saturated rings. The van der Waals surface area contributed by atoms with E-state index in [1.165, 1.54) is 12.1 Å². The predicted octanol–water partition coefficient (Wildman–Crippen LogP) is 1.54. The number of esters is 3. The van der Waals surface area contributed by atoms with Gasteiger partial charge < -0.3 is 44.3 Å². The zero-order valence-corrected chi connectivity index (χ0v) is 26.0.